The molecule has 4 amide bonds. The summed E-state index contributed by atoms with van der Waals surface area (Å²) in [6.45, 7) is 9.66. The molecule has 0 bridgehead atoms. The molecule has 3 fully saturated rings. The number of anilines is 3. The van der Waals surface area contributed by atoms with E-state index < -0.39 is 41.0 Å². The molecule has 1 atom stereocenters. The number of likely N-dealkylation sites (N-methyl/N-ethyl adjacent to an activating group) is 2. The topological polar surface area (TPSA) is 101 Å². The highest BCUT2D eigenvalue weighted by molar-refractivity contribution is 6.09. The van der Waals surface area contributed by atoms with Gasteiger partial charge in [0.2, 0.25) is 23.6 Å². The minimum atomic E-state index is -4.67. The number of likely N-dealkylation sites (tertiary alicyclic amines) is 1. The van der Waals surface area contributed by atoms with Gasteiger partial charge in [0.25, 0.3) is 0 Å². The van der Waals surface area contributed by atoms with Crippen LogP contribution in [0.3, 0.4) is 0 Å². The van der Waals surface area contributed by atoms with Crippen LogP contribution in [-0.4, -0.2) is 115 Å². The number of aromatic nitrogens is 1. The average Bonchev–Trinajstić information content (AvgIpc) is 3.41. The molecular weight excluding hydrogens is 634 g/mol. The summed E-state index contributed by atoms with van der Waals surface area (Å²) < 4.78 is 56.2. The number of hydrogen-bond acceptors (Lipinski definition) is 7. The van der Waals surface area contributed by atoms with E-state index >= 15 is 4.39 Å². The number of benzene rings is 1. The van der Waals surface area contributed by atoms with Crippen LogP contribution in [0, 0.1) is 12.7 Å². The minimum Gasteiger partial charge on any atom is -0.369 e. The molecule has 0 aliphatic carbocycles. The number of carbonyl (C=O) groups excluding carboxylic acids is 4. The van der Waals surface area contributed by atoms with Gasteiger partial charge in [0, 0.05) is 78.9 Å². The molecule has 11 nitrogen and oxygen atoms in total. The van der Waals surface area contributed by atoms with Crippen molar-refractivity contribution in [2.24, 2.45) is 0 Å². The highest BCUT2D eigenvalue weighted by Crippen LogP contribution is 2.37. The summed E-state index contributed by atoms with van der Waals surface area (Å²) in [5, 5.41) is 0. The van der Waals surface area contributed by atoms with Crippen molar-refractivity contribution >= 4 is 40.8 Å². The predicted octanol–water partition coefficient (Wildman–Crippen LogP) is 3.07. The molecule has 3 aliphatic rings. The van der Waals surface area contributed by atoms with Gasteiger partial charge in [0.05, 0.1) is 22.5 Å². The van der Waals surface area contributed by atoms with Crippen LogP contribution in [0.4, 0.5) is 34.8 Å². The lowest BCUT2D eigenvalue weighted by Gasteiger charge is -2.59. The van der Waals surface area contributed by atoms with E-state index in [9.17, 15) is 32.3 Å². The number of para-hydroxylation sites is 1. The number of nitrogens with zero attached hydrogens (tertiary/aromatic N) is 7. The van der Waals surface area contributed by atoms with Crippen molar-refractivity contribution in [2.45, 2.75) is 44.4 Å². The van der Waals surface area contributed by atoms with Crippen LogP contribution in [0.1, 0.15) is 31.0 Å². The summed E-state index contributed by atoms with van der Waals surface area (Å²) in [7, 11) is 3.13. The molecule has 1 aromatic heterocycles. The molecule has 5 rings (SSSR count). The summed E-state index contributed by atoms with van der Waals surface area (Å²) in [5.41, 5.74) is -1.09. The number of carbonyl (C=O) groups is 4. The van der Waals surface area contributed by atoms with E-state index in [2.05, 4.69) is 16.5 Å². The Bertz CT molecular complexity index is 1630. The van der Waals surface area contributed by atoms with E-state index in [1.54, 1.807) is 22.9 Å². The molecule has 1 unspecified atom stereocenters. The quantitative estimate of drug-likeness (QED) is 0.314. The van der Waals surface area contributed by atoms with Gasteiger partial charge in [-0.3, -0.25) is 29.0 Å². The standard InChI is InChI=1S/C33H39F4N7O4/c1-6-28(46)42-19-32(20-42)18-41(14-15-43(32)22(3)45)13-12-39(4)30-24(34)8-7-9-25(30)40(5)31(48)26-10-11-29(47)44(26)27-17-23(33(35,36)37)16-21(2)38-27/h6-9,16-17,26H,1,10-15,18-20H2,2-5H3. The normalized spacial score (nSPS) is 19.4. The Balaban J connectivity index is 1.32. The minimum absolute atomic E-state index is 0.0432. The fraction of sp³-hybridized carbons (Fsp3) is 0.485. The SMILES string of the molecule is C=CC(=O)N1CC2(CN(CCN(C)c3c(F)cccc3N(C)C(=O)C3CCC(=O)N3c3cc(C(F)(F)F)cc(C)n3)CCN2C(C)=O)C1. The van der Waals surface area contributed by atoms with Crippen molar-refractivity contribution in [3.05, 3.63) is 60.1 Å². The second-order valence-corrected chi connectivity index (χ2v) is 12.7. The number of piperazine rings is 1. The van der Waals surface area contributed by atoms with Gasteiger partial charge in [-0.1, -0.05) is 12.6 Å². The summed E-state index contributed by atoms with van der Waals surface area (Å²) in [4.78, 5) is 65.0. The molecular formula is C33H39F4N7O4. The van der Waals surface area contributed by atoms with Gasteiger partial charge in [-0.05, 0) is 43.7 Å². The van der Waals surface area contributed by atoms with Crippen molar-refractivity contribution < 1.29 is 36.7 Å². The van der Waals surface area contributed by atoms with Gasteiger partial charge < -0.3 is 19.6 Å². The van der Waals surface area contributed by atoms with Crippen LogP contribution in [0.25, 0.3) is 0 Å². The smallest absolute Gasteiger partial charge is 0.369 e. The van der Waals surface area contributed by atoms with Crippen LogP contribution in [0.15, 0.2) is 43.0 Å². The molecule has 0 radical (unpaired) electrons. The van der Waals surface area contributed by atoms with E-state index in [0.717, 1.165) is 17.0 Å². The van der Waals surface area contributed by atoms with Crippen LogP contribution in [0.5, 0.6) is 0 Å². The number of rotatable bonds is 8. The Labute approximate surface area is 276 Å². The predicted molar refractivity (Wildman–Crippen MR) is 171 cm³/mol. The highest BCUT2D eigenvalue weighted by Gasteiger charge is 2.52. The van der Waals surface area contributed by atoms with E-state index in [-0.39, 0.29) is 47.5 Å². The van der Waals surface area contributed by atoms with Gasteiger partial charge in [-0.15, -0.1) is 0 Å². The van der Waals surface area contributed by atoms with Gasteiger partial charge in [0.15, 0.2) is 0 Å². The summed E-state index contributed by atoms with van der Waals surface area (Å²) in [6, 6.07) is 4.79. The van der Waals surface area contributed by atoms with Crippen molar-refractivity contribution in [2.75, 3.05) is 74.6 Å². The lowest BCUT2D eigenvalue weighted by Crippen LogP contribution is -2.78. The van der Waals surface area contributed by atoms with Crippen LogP contribution >= 0.6 is 0 Å². The zero-order valence-corrected chi connectivity index (χ0v) is 27.4. The average molecular weight is 674 g/mol. The second kappa shape index (κ2) is 13.2. The summed E-state index contributed by atoms with van der Waals surface area (Å²) in [6.07, 6.45) is -3.43. The molecule has 258 valence electrons. The first-order valence-corrected chi connectivity index (χ1v) is 15.6. The zero-order chi connectivity index (χ0) is 35.1. The van der Waals surface area contributed by atoms with Crippen molar-refractivity contribution in [1.82, 2.24) is 19.7 Å². The molecule has 15 heteroatoms. The maximum absolute atomic E-state index is 15.5. The zero-order valence-electron chi connectivity index (χ0n) is 27.4. The Morgan fingerprint density at radius 1 is 1.12 bits per heavy atom. The molecule has 4 heterocycles. The maximum Gasteiger partial charge on any atom is 0.416 e. The van der Waals surface area contributed by atoms with E-state index in [0.29, 0.717) is 45.8 Å². The van der Waals surface area contributed by atoms with Gasteiger partial charge in [-0.2, -0.15) is 13.2 Å². The summed E-state index contributed by atoms with van der Waals surface area (Å²) in [5.74, 6) is -2.24. The third-order valence-corrected chi connectivity index (χ3v) is 9.37. The van der Waals surface area contributed by atoms with Gasteiger partial charge in [0.1, 0.15) is 17.7 Å². The third kappa shape index (κ3) is 6.60. The Morgan fingerprint density at radius 3 is 2.48 bits per heavy atom. The number of aryl methyl sites for hydroxylation is 1. The van der Waals surface area contributed by atoms with E-state index in [4.69, 9.17) is 0 Å². The molecule has 3 saturated heterocycles. The molecule has 48 heavy (non-hydrogen) atoms. The van der Waals surface area contributed by atoms with Crippen molar-refractivity contribution in [3.63, 3.8) is 0 Å². The van der Waals surface area contributed by atoms with Crippen molar-refractivity contribution in [3.8, 4) is 0 Å². The maximum atomic E-state index is 15.5. The molecule has 1 aromatic carbocycles. The largest absolute Gasteiger partial charge is 0.416 e. The molecule has 0 saturated carbocycles. The number of alkyl halides is 3. The molecule has 2 aromatic rings. The highest BCUT2D eigenvalue weighted by atomic mass is 19.4. The van der Waals surface area contributed by atoms with E-state index in [1.165, 1.54) is 44.0 Å². The van der Waals surface area contributed by atoms with Crippen LogP contribution < -0.4 is 14.7 Å². The van der Waals surface area contributed by atoms with Crippen LogP contribution in [-0.2, 0) is 25.4 Å². The van der Waals surface area contributed by atoms with Gasteiger partial charge >= 0.3 is 6.18 Å². The number of amides is 4. The number of pyridine rings is 1. The first kappa shape index (κ1) is 34.8. The lowest BCUT2D eigenvalue weighted by molar-refractivity contribution is -0.161. The fourth-order valence-corrected chi connectivity index (χ4v) is 7.00. The number of hydrogen-bond donors (Lipinski definition) is 0. The molecule has 1 spiro atoms. The Kier molecular flexibility index (Phi) is 9.55. The first-order chi connectivity index (χ1) is 22.6. The first-order valence-electron chi connectivity index (χ1n) is 15.6. The lowest BCUT2D eigenvalue weighted by atomic mass is 9.84. The summed E-state index contributed by atoms with van der Waals surface area (Å²) >= 11 is 0. The second-order valence-electron chi connectivity index (χ2n) is 12.7. The fourth-order valence-electron chi connectivity index (χ4n) is 7.00. The van der Waals surface area contributed by atoms with Crippen molar-refractivity contribution in [1.29, 1.82) is 0 Å². The molecule has 0 N–H and O–H groups in total. The van der Waals surface area contributed by atoms with Gasteiger partial charge in [-0.25, -0.2) is 9.37 Å². The Hall–Kier alpha value is -4.53. The third-order valence-electron chi connectivity index (χ3n) is 9.37. The number of halogens is 4. The Morgan fingerprint density at radius 2 is 1.83 bits per heavy atom. The monoisotopic (exact) mass is 673 g/mol. The molecule has 3 aliphatic heterocycles. The van der Waals surface area contributed by atoms with Crippen LogP contribution in [0.2, 0.25) is 0 Å². The van der Waals surface area contributed by atoms with E-state index in [1.807, 2.05) is 4.90 Å².